The van der Waals surface area contributed by atoms with Crippen LogP contribution in [0.1, 0.15) is 19.8 Å². The van der Waals surface area contributed by atoms with E-state index in [2.05, 4.69) is 9.80 Å². The van der Waals surface area contributed by atoms with Crippen LogP contribution in [0.25, 0.3) is 0 Å². The molecule has 1 heterocycles. The maximum absolute atomic E-state index is 8.90. The van der Waals surface area contributed by atoms with E-state index >= 15 is 0 Å². The van der Waals surface area contributed by atoms with E-state index in [1.54, 1.807) is 0 Å². The quantitative estimate of drug-likeness (QED) is 0.643. The van der Waals surface area contributed by atoms with E-state index in [4.69, 9.17) is 9.84 Å². The number of ether oxygens (including phenoxy) is 1. The minimum atomic E-state index is 0.282. The highest BCUT2D eigenvalue weighted by molar-refractivity contribution is 4.69. The Morgan fingerprint density at radius 2 is 1.75 bits per heavy atom. The zero-order valence-electron chi connectivity index (χ0n) is 10.5. The molecule has 0 aliphatic carbocycles. The molecule has 0 spiro atoms. The second-order valence-corrected chi connectivity index (χ2v) is 4.31. The third-order valence-electron chi connectivity index (χ3n) is 3.06. The zero-order chi connectivity index (χ0) is 11.6. The summed E-state index contributed by atoms with van der Waals surface area (Å²) in [5.74, 6) is 0. The number of nitrogens with zero attached hydrogens (tertiary/aromatic N) is 2. The second kappa shape index (κ2) is 8.93. The van der Waals surface area contributed by atoms with Crippen molar-refractivity contribution in [2.45, 2.75) is 19.8 Å². The van der Waals surface area contributed by atoms with Gasteiger partial charge in [-0.2, -0.15) is 0 Å². The van der Waals surface area contributed by atoms with Gasteiger partial charge in [-0.1, -0.05) is 0 Å². The molecule has 4 nitrogen and oxygen atoms in total. The SMILES string of the molecule is CCOCCCN1CCCN(CCO)CC1. The van der Waals surface area contributed by atoms with Gasteiger partial charge in [-0.15, -0.1) is 0 Å². The highest BCUT2D eigenvalue weighted by Gasteiger charge is 2.13. The summed E-state index contributed by atoms with van der Waals surface area (Å²) in [4.78, 5) is 4.86. The van der Waals surface area contributed by atoms with Gasteiger partial charge in [0.15, 0.2) is 0 Å². The monoisotopic (exact) mass is 230 g/mol. The maximum atomic E-state index is 8.90. The first-order valence-corrected chi connectivity index (χ1v) is 6.50. The first kappa shape index (κ1) is 13.9. The Morgan fingerprint density at radius 3 is 2.38 bits per heavy atom. The van der Waals surface area contributed by atoms with E-state index in [9.17, 15) is 0 Å². The molecule has 16 heavy (non-hydrogen) atoms. The van der Waals surface area contributed by atoms with E-state index in [0.29, 0.717) is 0 Å². The molecule has 0 atom stereocenters. The molecule has 0 unspecified atom stereocenters. The topological polar surface area (TPSA) is 35.9 Å². The van der Waals surface area contributed by atoms with Crippen molar-refractivity contribution in [3.63, 3.8) is 0 Å². The first-order chi connectivity index (χ1) is 7.86. The molecule has 1 N–H and O–H groups in total. The highest BCUT2D eigenvalue weighted by atomic mass is 16.5. The van der Waals surface area contributed by atoms with E-state index in [1.165, 1.54) is 13.0 Å². The number of rotatable bonds is 7. The molecule has 0 saturated carbocycles. The molecule has 1 aliphatic rings. The molecule has 0 bridgehead atoms. The Labute approximate surface area is 99.2 Å². The number of aliphatic hydroxyl groups excluding tert-OH is 1. The largest absolute Gasteiger partial charge is 0.395 e. The predicted molar refractivity (Wildman–Crippen MR) is 65.7 cm³/mol. The van der Waals surface area contributed by atoms with Gasteiger partial charge in [-0.05, 0) is 32.9 Å². The fraction of sp³-hybridized carbons (Fsp3) is 1.00. The van der Waals surface area contributed by atoms with Crippen LogP contribution in [-0.4, -0.2) is 74.0 Å². The zero-order valence-corrected chi connectivity index (χ0v) is 10.5. The van der Waals surface area contributed by atoms with Gasteiger partial charge in [0, 0.05) is 39.4 Å². The van der Waals surface area contributed by atoms with Crippen molar-refractivity contribution in [1.29, 1.82) is 0 Å². The molecular weight excluding hydrogens is 204 g/mol. The molecule has 1 saturated heterocycles. The predicted octanol–water partition coefficient (Wildman–Crippen LogP) is 0.413. The minimum Gasteiger partial charge on any atom is -0.395 e. The molecule has 0 aromatic rings. The molecule has 0 amide bonds. The van der Waals surface area contributed by atoms with Gasteiger partial charge in [0.2, 0.25) is 0 Å². The molecule has 0 aromatic heterocycles. The maximum Gasteiger partial charge on any atom is 0.0558 e. The van der Waals surface area contributed by atoms with Crippen LogP contribution in [0.4, 0.5) is 0 Å². The summed E-state index contributed by atoms with van der Waals surface area (Å²) >= 11 is 0. The van der Waals surface area contributed by atoms with Crippen molar-refractivity contribution in [1.82, 2.24) is 9.80 Å². The number of aliphatic hydroxyl groups is 1. The summed E-state index contributed by atoms with van der Waals surface area (Å²) in [6.07, 6.45) is 2.35. The first-order valence-electron chi connectivity index (χ1n) is 6.50. The van der Waals surface area contributed by atoms with Crippen LogP contribution in [0.2, 0.25) is 0 Å². The smallest absolute Gasteiger partial charge is 0.0558 e. The summed E-state index contributed by atoms with van der Waals surface area (Å²) in [6.45, 7) is 10.5. The Hall–Kier alpha value is -0.160. The van der Waals surface area contributed by atoms with Crippen LogP contribution >= 0.6 is 0 Å². The average molecular weight is 230 g/mol. The third-order valence-corrected chi connectivity index (χ3v) is 3.06. The van der Waals surface area contributed by atoms with Crippen molar-refractivity contribution in [3.8, 4) is 0 Å². The van der Waals surface area contributed by atoms with E-state index in [1.807, 2.05) is 6.92 Å². The van der Waals surface area contributed by atoms with Gasteiger partial charge in [-0.3, -0.25) is 4.90 Å². The lowest BCUT2D eigenvalue weighted by Crippen LogP contribution is -2.33. The summed E-state index contributed by atoms with van der Waals surface area (Å²) in [5, 5.41) is 8.90. The van der Waals surface area contributed by atoms with Crippen molar-refractivity contribution < 1.29 is 9.84 Å². The molecular formula is C12H26N2O2. The number of hydrogen-bond donors (Lipinski definition) is 1. The summed E-state index contributed by atoms with van der Waals surface area (Å²) < 4.78 is 5.35. The van der Waals surface area contributed by atoms with Crippen LogP contribution in [-0.2, 0) is 4.74 Å². The molecule has 1 aliphatic heterocycles. The Balaban J connectivity index is 2.10. The fourth-order valence-corrected chi connectivity index (χ4v) is 2.15. The molecule has 96 valence electrons. The Bertz CT molecular complexity index is 167. The van der Waals surface area contributed by atoms with Gasteiger partial charge in [0.1, 0.15) is 0 Å². The van der Waals surface area contributed by atoms with Crippen molar-refractivity contribution >= 4 is 0 Å². The molecule has 1 fully saturated rings. The summed E-state index contributed by atoms with van der Waals surface area (Å²) in [7, 11) is 0. The van der Waals surface area contributed by atoms with Crippen LogP contribution in [0.15, 0.2) is 0 Å². The molecule has 0 radical (unpaired) electrons. The third kappa shape index (κ3) is 5.80. The fourth-order valence-electron chi connectivity index (χ4n) is 2.15. The Kier molecular flexibility index (Phi) is 7.76. The summed E-state index contributed by atoms with van der Waals surface area (Å²) in [5.41, 5.74) is 0. The van der Waals surface area contributed by atoms with Crippen molar-refractivity contribution in [3.05, 3.63) is 0 Å². The molecule has 0 aromatic carbocycles. The van der Waals surface area contributed by atoms with Crippen molar-refractivity contribution in [2.75, 3.05) is 59.1 Å². The highest BCUT2D eigenvalue weighted by Crippen LogP contribution is 2.03. The lowest BCUT2D eigenvalue weighted by molar-refractivity contribution is 0.132. The summed E-state index contributed by atoms with van der Waals surface area (Å²) in [6, 6.07) is 0. The number of hydrogen-bond acceptors (Lipinski definition) is 4. The lowest BCUT2D eigenvalue weighted by atomic mass is 10.3. The van der Waals surface area contributed by atoms with Crippen LogP contribution < -0.4 is 0 Å². The van der Waals surface area contributed by atoms with Crippen LogP contribution in [0.5, 0.6) is 0 Å². The molecule has 4 heteroatoms. The van der Waals surface area contributed by atoms with Gasteiger partial charge >= 0.3 is 0 Å². The van der Waals surface area contributed by atoms with E-state index in [0.717, 1.165) is 52.4 Å². The van der Waals surface area contributed by atoms with Gasteiger partial charge in [-0.25, -0.2) is 0 Å². The van der Waals surface area contributed by atoms with Crippen LogP contribution in [0.3, 0.4) is 0 Å². The van der Waals surface area contributed by atoms with Crippen molar-refractivity contribution in [2.24, 2.45) is 0 Å². The second-order valence-electron chi connectivity index (χ2n) is 4.31. The van der Waals surface area contributed by atoms with Crippen LogP contribution in [0, 0.1) is 0 Å². The average Bonchev–Trinajstić information content (AvgIpc) is 2.51. The van der Waals surface area contributed by atoms with Gasteiger partial charge in [0.05, 0.1) is 6.61 Å². The van der Waals surface area contributed by atoms with Gasteiger partial charge < -0.3 is 14.7 Å². The van der Waals surface area contributed by atoms with E-state index < -0.39 is 0 Å². The number of β-amino-alcohol motifs (C(OH)–C–C–N with tert-alkyl or cyclic N) is 1. The molecule has 1 rings (SSSR count). The van der Waals surface area contributed by atoms with Gasteiger partial charge in [0.25, 0.3) is 0 Å². The normalized spacial score (nSPS) is 19.9. The Morgan fingerprint density at radius 1 is 1.06 bits per heavy atom. The van der Waals surface area contributed by atoms with E-state index in [-0.39, 0.29) is 6.61 Å². The standard InChI is InChI=1S/C12H26N2O2/c1-2-16-12-4-7-13-5-3-6-14(9-8-13)10-11-15/h15H,2-12H2,1H3. The minimum absolute atomic E-state index is 0.282. The lowest BCUT2D eigenvalue weighted by Gasteiger charge is -2.21.